The number of hydrogen-bond acceptors (Lipinski definition) is 7. The fourth-order valence-electron chi connectivity index (χ4n) is 4.25. The molecule has 0 atom stereocenters. The van der Waals surface area contributed by atoms with E-state index in [9.17, 15) is 26.5 Å². The van der Waals surface area contributed by atoms with Crippen LogP contribution in [0.4, 0.5) is 8.78 Å². The summed E-state index contributed by atoms with van der Waals surface area (Å²) in [6.45, 7) is 3.64. The van der Waals surface area contributed by atoms with Crippen LogP contribution in [0.2, 0.25) is 5.02 Å². The van der Waals surface area contributed by atoms with Gasteiger partial charge in [-0.05, 0) is 59.7 Å². The van der Waals surface area contributed by atoms with E-state index >= 15 is 0 Å². The quantitative estimate of drug-likeness (QED) is 0.150. The minimum Gasteiger partial charge on any atom is -0.748 e. The topological polar surface area (TPSA) is 113 Å². The van der Waals surface area contributed by atoms with E-state index in [2.05, 4.69) is 10.3 Å². The van der Waals surface area contributed by atoms with Crippen molar-refractivity contribution in [3.05, 3.63) is 106 Å². The average molecular weight is 658 g/mol. The van der Waals surface area contributed by atoms with Crippen LogP contribution in [0.3, 0.4) is 0 Å². The van der Waals surface area contributed by atoms with Crippen LogP contribution in [0.15, 0.2) is 72.0 Å². The second-order valence-electron chi connectivity index (χ2n) is 9.82. The summed E-state index contributed by atoms with van der Waals surface area (Å²) in [5, 5.41) is 3.29. The molecule has 0 aliphatic heterocycles. The molecule has 43 heavy (non-hydrogen) atoms. The van der Waals surface area contributed by atoms with Crippen LogP contribution in [-0.2, 0) is 21.3 Å². The minimum atomic E-state index is -4.48. The first-order valence-electron chi connectivity index (χ1n) is 12.6. The number of benzene rings is 3. The summed E-state index contributed by atoms with van der Waals surface area (Å²) in [6.07, 6.45) is 1.72. The first kappa shape index (κ1) is 35.0. The predicted molar refractivity (Wildman–Crippen MR) is 157 cm³/mol. The Bertz CT molecular complexity index is 1720. The number of imidazole rings is 1. The fraction of sp³-hybridized carbons (Fsp3) is 0.241. The SMILES string of the molecule is COc1cc(C(C)(C)c2cnc(SCc3ccc(C(=O)NCCS(=O)(=O)[O-])cc3F)n2-c2ccc(F)cc2)ccc1Cl.[Na+]. The molecule has 1 aromatic heterocycles. The van der Waals surface area contributed by atoms with Gasteiger partial charge in [0.2, 0.25) is 0 Å². The van der Waals surface area contributed by atoms with Crippen molar-refractivity contribution in [1.82, 2.24) is 14.9 Å². The van der Waals surface area contributed by atoms with Crippen molar-refractivity contribution >= 4 is 39.4 Å². The molecular weight excluding hydrogens is 631 g/mol. The summed E-state index contributed by atoms with van der Waals surface area (Å²) in [5.41, 5.74) is 2.03. The molecule has 4 rings (SSSR count). The number of nitrogens with zero attached hydrogens (tertiary/aromatic N) is 2. The molecule has 0 aliphatic rings. The molecule has 222 valence electrons. The van der Waals surface area contributed by atoms with E-state index in [-0.39, 0.29) is 47.4 Å². The van der Waals surface area contributed by atoms with Crippen LogP contribution >= 0.6 is 23.4 Å². The standard InChI is InChI=1S/C29H28ClF2N3O5S2.Na/c1-29(2,20-6-11-23(30)25(15-20)40-3)26-16-34-28(35(26)22-9-7-21(31)8-10-22)41-17-19-5-4-18(14-24(19)32)27(36)33-12-13-42(37,38)39;/h4-11,14-16H,12-13,17H2,1-3H3,(H,33,36)(H,37,38,39);/q;+1/p-1. The maximum Gasteiger partial charge on any atom is 1.00 e. The number of carbonyl (C=O) groups excluding carboxylic acids is 1. The molecule has 3 aromatic carbocycles. The Hall–Kier alpha value is -2.45. The predicted octanol–water partition coefficient (Wildman–Crippen LogP) is 2.71. The summed E-state index contributed by atoms with van der Waals surface area (Å²) < 4.78 is 68.3. The fourth-order valence-corrected chi connectivity index (χ4v) is 5.78. The van der Waals surface area contributed by atoms with E-state index in [1.165, 1.54) is 43.1 Å². The van der Waals surface area contributed by atoms with Gasteiger partial charge in [0.25, 0.3) is 5.91 Å². The number of amides is 1. The van der Waals surface area contributed by atoms with E-state index in [1.54, 1.807) is 24.4 Å². The summed E-state index contributed by atoms with van der Waals surface area (Å²) >= 11 is 7.51. The van der Waals surface area contributed by atoms with Crippen LogP contribution in [0.1, 0.15) is 41.0 Å². The number of hydrogen-bond donors (Lipinski definition) is 1. The van der Waals surface area contributed by atoms with Gasteiger partial charge >= 0.3 is 29.6 Å². The van der Waals surface area contributed by atoms with Gasteiger partial charge in [-0.3, -0.25) is 9.36 Å². The van der Waals surface area contributed by atoms with E-state index in [0.717, 1.165) is 17.3 Å². The Balaban J connectivity index is 0.00000506. The van der Waals surface area contributed by atoms with Crippen molar-refractivity contribution in [2.24, 2.45) is 0 Å². The number of methoxy groups -OCH3 is 1. The van der Waals surface area contributed by atoms with Crippen molar-refractivity contribution in [2.75, 3.05) is 19.4 Å². The van der Waals surface area contributed by atoms with Crippen molar-refractivity contribution in [2.45, 2.75) is 30.2 Å². The van der Waals surface area contributed by atoms with Crippen molar-refractivity contribution in [1.29, 1.82) is 0 Å². The number of halogens is 3. The van der Waals surface area contributed by atoms with Crippen LogP contribution < -0.4 is 39.6 Å². The van der Waals surface area contributed by atoms with Gasteiger partial charge in [-0.1, -0.05) is 49.3 Å². The first-order valence-corrected chi connectivity index (χ1v) is 15.6. The molecule has 0 radical (unpaired) electrons. The molecule has 1 amide bonds. The van der Waals surface area contributed by atoms with Crippen molar-refractivity contribution in [3.63, 3.8) is 0 Å². The van der Waals surface area contributed by atoms with Crippen molar-refractivity contribution in [3.8, 4) is 11.4 Å². The Morgan fingerprint density at radius 2 is 1.81 bits per heavy atom. The molecule has 0 saturated carbocycles. The van der Waals surface area contributed by atoms with E-state index < -0.39 is 38.8 Å². The third kappa shape index (κ3) is 8.59. The third-order valence-corrected chi connectivity index (χ3v) is 8.65. The number of ether oxygens (including phenoxy) is 1. The van der Waals surface area contributed by atoms with Gasteiger partial charge < -0.3 is 14.6 Å². The number of nitrogens with one attached hydrogen (secondary N) is 1. The maximum absolute atomic E-state index is 15.0. The van der Waals surface area contributed by atoms with E-state index in [0.29, 0.717) is 27.2 Å². The van der Waals surface area contributed by atoms with Gasteiger partial charge in [0.05, 0.1) is 39.9 Å². The molecule has 0 spiro atoms. The molecule has 14 heteroatoms. The Kier molecular flexibility index (Phi) is 11.9. The zero-order valence-electron chi connectivity index (χ0n) is 23.9. The molecule has 0 bridgehead atoms. The van der Waals surface area contributed by atoms with Gasteiger partial charge in [-0.15, -0.1) is 0 Å². The Morgan fingerprint density at radius 3 is 2.44 bits per heavy atom. The number of rotatable bonds is 11. The molecule has 0 unspecified atom stereocenters. The second-order valence-corrected chi connectivity index (χ2v) is 12.7. The first-order chi connectivity index (χ1) is 19.8. The molecule has 1 N–H and O–H groups in total. The van der Waals surface area contributed by atoms with Gasteiger partial charge in [0.1, 0.15) is 17.4 Å². The normalized spacial score (nSPS) is 11.6. The van der Waals surface area contributed by atoms with E-state index in [1.807, 2.05) is 30.5 Å². The van der Waals surface area contributed by atoms with Crippen LogP contribution in [0.25, 0.3) is 5.69 Å². The zero-order chi connectivity index (χ0) is 30.7. The van der Waals surface area contributed by atoms with Gasteiger partial charge in [-0.2, -0.15) is 0 Å². The molecule has 0 aliphatic carbocycles. The van der Waals surface area contributed by atoms with Crippen LogP contribution in [0.5, 0.6) is 5.75 Å². The molecular formula is C29H27ClF2N3NaO5S2. The van der Waals surface area contributed by atoms with Gasteiger partial charge in [-0.25, -0.2) is 22.2 Å². The molecule has 1 heterocycles. The zero-order valence-corrected chi connectivity index (χ0v) is 28.2. The molecule has 8 nitrogen and oxygen atoms in total. The van der Waals surface area contributed by atoms with E-state index in [4.69, 9.17) is 16.3 Å². The van der Waals surface area contributed by atoms with Gasteiger partial charge in [0.15, 0.2) is 5.16 Å². The monoisotopic (exact) mass is 657 g/mol. The summed E-state index contributed by atoms with van der Waals surface area (Å²) in [5.74, 6) is -1.81. The number of aromatic nitrogens is 2. The maximum atomic E-state index is 15.0. The number of carbonyl (C=O) groups is 1. The Morgan fingerprint density at radius 1 is 1.12 bits per heavy atom. The summed E-state index contributed by atoms with van der Waals surface area (Å²) in [4.78, 5) is 16.9. The third-order valence-electron chi connectivity index (χ3n) is 6.64. The molecule has 4 aromatic rings. The minimum absolute atomic E-state index is 0. The molecule has 0 fully saturated rings. The smallest absolute Gasteiger partial charge is 0.748 e. The molecule has 0 saturated heterocycles. The van der Waals surface area contributed by atoms with Crippen LogP contribution in [-0.4, -0.2) is 47.8 Å². The summed E-state index contributed by atoms with van der Waals surface area (Å²) in [6, 6.07) is 15.4. The van der Waals surface area contributed by atoms with Crippen LogP contribution in [0, 0.1) is 11.6 Å². The number of thioether (sulfide) groups is 1. The second kappa shape index (κ2) is 14.6. The van der Waals surface area contributed by atoms with Gasteiger partial charge in [0, 0.05) is 29.0 Å². The largest absolute Gasteiger partial charge is 1.00 e. The van der Waals surface area contributed by atoms with Crippen molar-refractivity contribution < 1.29 is 60.8 Å². The Labute approximate surface area is 280 Å². The summed E-state index contributed by atoms with van der Waals surface area (Å²) in [7, 11) is -2.95. The average Bonchev–Trinajstić information content (AvgIpc) is 3.37.